The maximum absolute atomic E-state index is 13.1. The summed E-state index contributed by atoms with van der Waals surface area (Å²) >= 11 is 0. The summed E-state index contributed by atoms with van der Waals surface area (Å²) in [5.41, 5.74) is 2.07. The van der Waals surface area contributed by atoms with Gasteiger partial charge in [0.25, 0.3) is 11.8 Å². The number of nitrogens with one attached hydrogen (secondary N) is 2. The lowest BCUT2D eigenvalue weighted by Gasteiger charge is -2.30. The summed E-state index contributed by atoms with van der Waals surface area (Å²) in [6.07, 6.45) is 5.54. The van der Waals surface area contributed by atoms with Gasteiger partial charge in [0.1, 0.15) is 0 Å². The average Bonchev–Trinajstić information content (AvgIpc) is 2.96. The molecule has 0 saturated carbocycles. The highest BCUT2D eigenvalue weighted by atomic mass is 16.2. The third kappa shape index (κ3) is 7.93. The van der Waals surface area contributed by atoms with Crippen LogP contribution in [0.1, 0.15) is 85.9 Å². The van der Waals surface area contributed by atoms with Gasteiger partial charge in [-0.15, -0.1) is 0 Å². The lowest BCUT2D eigenvalue weighted by atomic mass is 9.98. The fourth-order valence-corrected chi connectivity index (χ4v) is 5.32. The van der Waals surface area contributed by atoms with Gasteiger partial charge in [-0.2, -0.15) is 0 Å². The first-order valence-corrected chi connectivity index (χ1v) is 14.7. The smallest absolute Gasteiger partial charge is 0.255 e. The molecule has 4 amide bonds. The van der Waals surface area contributed by atoms with Crippen LogP contribution in [0.25, 0.3) is 0 Å². The van der Waals surface area contributed by atoms with Crippen molar-refractivity contribution in [3.8, 4) is 0 Å². The van der Waals surface area contributed by atoms with Crippen molar-refractivity contribution in [2.45, 2.75) is 65.2 Å². The maximum Gasteiger partial charge on any atom is 0.255 e. The molecule has 2 saturated heterocycles. The molecule has 0 unspecified atom stereocenters. The Hall–Kier alpha value is -3.68. The van der Waals surface area contributed by atoms with Gasteiger partial charge in [-0.3, -0.25) is 19.2 Å². The molecular weight excluding hydrogens is 504 g/mol. The molecule has 2 aliphatic heterocycles. The summed E-state index contributed by atoms with van der Waals surface area (Å²) in [7, 11) is 0. The second-order valence-electron chi connectivity index (χ2n) is 11.3. The Labute approximate surface area is 237 Å². The summed E-state index contributed by atoms with van der Waals surface area (Å²) in [4.78, 5) is 55.2. The van der Waals surface area contributed by atoms with Crippen LogP contribution in [0.5, 0.6) is 0 Å². The van der Waals surface area contributed by atoms with Crippen molar-refractivity contribution in [3.63, 3.8) is 0 Å². The summed E-state index contributed by atoms with van der Waals surface area (Å²) in [6, 6.07) is 14.3. The number of rotatable bonds is 9. The fourth-order valence-electron chi connectivity index (χ4n) is 5.32. The van der Waals surface area contributed by atoms with Crippen molar-refractivity contribution in [2.24, 2.45) is 11.8 Å². The highest BCUT2D eigenvalue weighted by molar-refractivity contribution is 6.04. The first kappa shape index (κ1) is 29.3. The molecule has 0 aliphatic carbocycles. The van der Waals surface area contributed by atoms with Crippen LogP contribution in [-0.2, 0) is 9.59 Å². The van der Waals surface area contributed by atoms with E-state index in [1.165, 1.54) is 0 Å². The fraction of sp³-hybridized carbons (Fsp3) is 0.500. The number of nitrogens with zero attached hydrogens (tertiary/aromatic N) is 2. The second-order valence-corrected chi connectivity index (χ2v) is 11.3. The van der Waals surface area contributed by atoms with Gasteiger partial charge in [0.05, 0.1) is 22.5 Å². The summed E-state index contributed by atoms with van der Waals surface area (Å²) in [5.74, 6) is 0.796. The zero-order valence-corrected chi connectivity index (χ0v) is 23.8. The van der Waals surface area contributed by atoms with E-state index in [1.807, 2.05) is 34.1 Å². The zero-order chi connectivity index (χ0) is 28.5. The Balaban J connectivity index is 1.23. The molecule has 0 spiro atoms. The lowest BCUT2D eigenvalue weighted by molar-refractivity contribution is -0.118. The summed E-state index contributed by atoms with van der Waals surface area (Å²) in [5, 5.41) is 5.78. The van der Waals surface area contributed by atoms with E-state index in [-0.39, 0.29) is 36.5 Å². The molecule has 2 heterocycles. The molecule has 2 aromatic carbocycles. The Kier molecular flexibility index (Phi) is 10.3. The molecule has 2 aromatic rings. The van der Waals surface area contributed by atoms with Crippen molar-refractivity contribution >= 4 is 35.0 Å². The maximum atomic E-state index is 13.1. The SMILES string of the molecule is CC1CCN(C(=O)c2ccccc2NC(=O)CCCCC(=O)Nc2ccccc2C(=O)N2CCC(C)CC2)CC1. The molecule has 8 nitrogen and oxygen atoms in total. The monoisotopic (exact) mass is 546 g/mol. The number of carbonyl (C=O) groups excluding carboxylic acids is 4. The number of unbranched alkanes of at least 4 members (excludes halogenated alkanes) is 1. The van der Waals surface area contributed by atoms with Crippen molar-refractivity contribution in [2.75, 3.05) is 36.8 Å². The minimum Gasteiger partial charge on any atom is -0.339 e. The number of piperidine rings is 2. The van der Waals surface area contributed by atoms with Gasteiger partial charge in [0.15, 0.2) is 0 Å². The van der Waals surface area contributed by atoms with E-state index in [2.05, 4.69) is 24.5 Å². The molecule has 8 heteroatoms. The first-order chi connectivity index (χ1) is 19.3. The number of carbonyl (C=O) groups is 4. The highest BCUT2D eigenvalue weighted by Crippen LogP contribution is 2.24. The molecule has 4 rings (SSSR count). The van der Waals surface area contributed by atoms with E-state index in [9.17, 15) is 19.2 Å². The zero-order valence-electron chi connectivity index (χ0n) is 23.8. The first-order valence-electron chi connectivity index (χ1n) is 14.7. The van der Waals surface area contributed by atoms with Gasteiger partial charge < -0.3 is 20.4 Å². The van der Waals surface area contributed by atoms with Crippen LogP contribution in [0.15, 0.2) is 48.5 Å². The van der Waals surface area contributed by atoms with Crippen molar-refractivity contribution in [1.82, 2.24) is 9.80 Å². The van der Waals surface area contributed by atoms with Crippen molar-refractivity contribution in [3.05, 3.63) is 59.7 Å². The van der Waals surface area contributed by atoms with Crippen LogP contribution in [-0.4, -0.2) is 59.6 Å². The molecule has 40 heavy (non-hydrogen) atoms. The number of anilines is 2. The number of likely N-dealkylation sites (tertiary alicyclic amines) is 2. The Morgan fingerprint density at radius 3 is 1.35 bits per heavy atom. The average molecular weight is 547 g/mol. The number of hydrogen-bond donors (Lipinski definition) is 2. The van der Waals surface area contributed by atoms with E-state index in [1.54, 1.807) is 24.3 Å². The number of hydrogen-bond acceptors (Lipinski definition) is 4. The highest BCUT2D eigenvalue weighted by Gasteiger charge is 2.25. The molecule has 0 radical (unpaired) electrons. The van der Waals surface area contributed by atoms with Crippen LogP contribution in [0.3, 0.4) is 0 Å². The van der Waals surface area contributed by atoms with E-state index in [0.717, 1.165) is 51.9 Å². The predicted molar refractivity (Wildman–Crippen MR) is 157 cm³/mol. The van der Waals surface area contributed by atoms with Crippen molar-refractivity contribution < 1.29 is 19.2 Å². The Morgan fingerprint density at radius 1 is 0.625 bits per heavy atom. The van der Waals surface area contributed by atoms with E-state index in [4.69, 9.17) is 0 Å². The van der Waals surface area contributed by atoms with Crippen LogP contribution < -0.4 is 10.6 Å². The second kappa shape index (κ2) is 14.1. The standard InChI is InChI=1S/C32H42N4O4/c1-23-15-19-35(20-16-23)31(39)25-9-3-5-11-27(25)33-29(37)13-7-8-14-30(38)34-28-12-6-4-10-26(28)32(40)36-21-17-24(2)18-22-36/h3-6,9-12,23-24H,7-8,13-22H2,1-2H3,(H,33,37)(H,34,38). The number of para-hydroxylation sites is 2. The molecule has 0 aromatic heterocycles. The van der Waals surface area contributed by atoms with Gasteiger partial charge in [0, 0.05) is 39.0 Å². The van der Waals surface area contributed by atoms with Gasteiger partial charge in [-0.05, 0) is 74.6 Å². The number of amides is 4. The van der Waals surface area contributed by atoms with E-state index < -0.39 is 0 Å². The van der Waals surface area contributed by atoms with Gasteiger partial charge in [-0.25, -0.2) is 0 Å². The Morgan fingerprint density at radius 2 is 0.975 bits per heavy atom. The third-order valence-electron chi connectivity index (χ3n) is 8.06. The summed E-state index contributed by atoms with van der Waals surface area (Å²) < 4.78 is 0. The van der Waals surface area contributed by atoms with Crippen LogP contribution in [0.2, 0.25) is 0 Å². The minimum absolute atomic E-state index is 0.0481. The quantitative estimate of drug-likeness (QED) is 0.402. The normalized spacial score (nSPS) is 16.4. The molecule has 214 valence electrons. The third-order valence-corrected chi connectivity index (χ3v) is 8.06. The minimum atomic E-state index is -0.181. The van der Waals surface area contributed by atoms with E-state index in [0.29, 0.717) is 47.2 Å². The molecule has 2 fully saturated rings. The van der Waals surface area contributed by atoms with Crippen LogP contribution in [0, 0.1) is 11.8 Å². The molecule has 0 atom stereocenters. The molecule has 2 aliphatic rings. The Bertz CT molecular complexity index is 1100. The van der Waals surface area contributed by atoms with E-state index >= 15 is 0 Å². The van der Waals surface area contributed by atoms with Crippen LogP contribution in [0.4, 0.5) is 11.4 Å². The van der Waals surface area contributed by atoms with Crippen LogP contribution >= 0.6 is 0 Å². The molecule has 0 bridgehead atoms. The molecular formula is C32H42N4O4. The number of benzene rings is 2. The summed E-state index contributed by atoms with van der Waals surface area (Å²) in [6.45, 7) is 7.36. The van der Waals surface area contributed by atoms with Crippen molar-refractivity contribution in [1.29, 1.82) is 0 Å². The topological polar surface area (TPSA) is 98.8 Å². The van der Waals surface area contributed by atoms with Gasteiger partial charge >= 0.3 is 0 Å². The lowest BCUT2D eigenvalue weighted by Crippen LogP contribution is -2.38. The molecule has 2 N–H and O–H groups in total. The predicted octanol–water partition coefficient (Wildman–Crippen LogP) is 5.57. The van der Waals surface area contributed by atoms with Gasteiger partial charge in [0.2, 0.25) is 11.8 Å². The largest absolute Gasteiger partial charge is 0.339 e. The van der Waals surface area contributed by atoms with Gasteiger partial charge in [-0.1, -0.05) is 38.1 Å².